The summed E-state index contributed by atoms with van der Waals surface area (Å²) in [6, 6.07) is 16.4. The van der Waals surface area contributed by atoms with E-state index in [1.54, 1.807) is 6.07 Å². The van der Waals surface area contributed by atoms with Gasteiger partial charge in [-0.25, -0.2) is 9.18 Å². The van der Waals surface area contributed by atoms with Crippen LogP contribution in [-0.2, 0) is 19.6 Å². The van der Waals surface area contributed by atoms with Gasteiger partial charge in [0.05, 0.1) is 5.56 Å². The van der Waals surface area contributed by atoms with Gasteiger partial charge in [0, 0.05) is 36.6 Å². The van der Waals surface area contributed by atoms with Crippen LogP contribution in [0.2, 0.25) is 0 Å². The van der Waals surface area contributed by atoms with Crippen molar-refractivity contribution in [2.75, 3.05) is 0 Å². The number of carboxylic acids is 1. The minimum atomic E-state index is -0.926. The van der Waals surface area contributed by atoms with Crippen molar-refractivity contribution in [1.82, 2.24) is 9.88 Å². The third kappa shape index (κ3) is 4.26. The number of nitrogens with one attached hydrogen (secondary N) is 1. The molecule has 0 aliphatic heterocycles. The lowest BCUT2D eigenvalue weighted by molar-refractivity contribution is 0.0694. The molecule has 0 atom stereocenters. The molecule has 0 saturated heterocycles. The smallest absolute Gasteiger partial charge is 0.337 e. The summed E-state index contributed by atoms with van der Waals surface area (Å²) in [5.74, 6) is -1.20. The Balaban J connectivity index is 1.83. The summed E-state index contributed by atoms with van der Waals surface area (Å²) in [5, 5.41) is 13.0. The average molecular weight is 366 g/mol. The highest BCUT2D eigenvalue weighted by molar-refractivity contribution is 5.91. The van der Waals surface area contributed by atoms with E-state index in [-0.39, 0.29) is 5.82 Å². The second-order valence-corrected chi connectivity index (χ2v) is 6.63. The number of nitrogens with zero attached hydrogens (tertiary/aromatic N) is 1. The van der Waals surface area contributed by atoms with Crippen LogP contribution in [0, 0.1) is 19.7 Å². The van der Waals surface area contributed by atoms with E-state index in [2.05, 4.69) is 5.32 Å². The first-order chi connectivity index (χ1) is 13.0. The molecule has 0 saturated carbocycles. The van der Waals surface area contributed by atoms with E-state index in [0.29, 0.717) is 25.2 Å². The Morgan fingerprint density at radius 1 is 1.00 bits per heavy atom. The van der Waals surface area contributed by atoms with Crippen LogP contribution in [0.5, 0.6) is 0 Å². The fourth-order valence-electron chi connectivity index (χ4n) is 3.43. The van der Waals surface area contributed by atoms with Crippen LogP contribution in [0.1, 0.15) is 38.4 Å². The number of hydrogen-bond donors (Lipinski definition) is 2. The number of rotatable bonds is 7. The maximum absolute atomic E-state index is 13.3. The van der Waals surface area contributed by atoms with Crippen molar-refractivity contribution in [3.63, 3.8) is 0 Å². The van der Waals surface area contributed by atoms with Gasteiger partial charge in [0.15, 0.2) is 0 Å². The zero-order valence-electron chi connectivity index (χ0n) is 15.5. The van der Waals surface area contributed by atoms with Crippen molar-refractivity contribution in [3.05, 3.63) is 94.1 Å². The largest absolute Gasteiger partial charge is 0.478 e. The van der Waals surface area contributed by atoms with Crippen LogP contribution >= 0.6 is 0 Å². The topological polar surface area (TPSA) is 54.3 Å². The molecule has 0 amide bonds. The SMILES string of the molecule is Cc1c(CNCc2cccc(F)c2)c(C(=O)O)c(C)n1Cc1ccccc1. The highest BCUT2D eigenvalue weighted by atomic mass is 19.1. The molecule has 0 radical (unpaired) electrons. The first kappa shape index (κ1) is 18.9. The Hall–Kier alpha value is -2.92. The van der Waals surface area contributed by atoms with Gasteiger partial charge in [-0.15, -0.1) is 0 Å². The minimum Gasteiger partial charge on any atom is -0.478 e. The molecular formula is C22H23FN2O2. The molecule has 3 aromatic rings. The number of hydrogen-bond acceptors (Lipinski definition) is 2. The normalized spacial score (nSPS) is 10.9. The van der Waals surface area contributed by atoms with Gasteiger partial charge in [-0.2, -0.15) is 0 Å². The fourth-order valence-corrected chi connectivity index (χ4v) is 3.43. The first-order valence-corrected chi connectivity index (χ1v) is 8.88. The molecule has 0 aliphatic carbocycles. The summed E-state index contributed by atoms with van der Waals surface area (Å²) in [5.41, 5.74) is 4.73. The summed E-state index contributed by atoms with van der Waals surface area (Å²) < 4.78 is 15.3. The lowest BCUT2D eigenvalue weighted by Gasteiger charge is -2.10. The number of aromatic nitrogens is 1. The van der Waals surface area contributed by atoms with E-state index in [1.807, 2.05) is 54.8 Å². The Kier molecular flexibility index (Phi) is 5.72. The van der Waals surface area contributed by atoms with Crippen LogP contribution in [0.3, 0.4) is 0 Å². The van der Waals surface area contributed by atoms with Crippen LogP contribution in [0.4, 0.5) is 4.39 Å². The summed E-state index contributed by atoms with van der Waals surface area (Å²) in [6.45, 7) is 5.30. The molecule has 0 aliphatic rings. The summed E-state index contributed by atoms with van der Waals surface area (Å²) in [7, 11) is 0. The predicted molar refractivity (Wildman–Crippen MR) is 103 cm³/mol. The van der Waals surface area contributed by atoms with Crippen LogP contribution in [0.25, 0.3) is 0 Å². The second kappa shape index (κ2) is 8.18. The molecule has 0 fully saturated rings. The number of benzene rings is 2. The number of aromatic carboxylic acids is 1. The maximum atomic E-state index is 13.3. The van der Waals surface area contributed by atoms with Gasteiger partial charge >= 0.3 is 5.97 Å². The number of carboxylic acid groups (broad SMARTS) is 1. The molecule has 2 aromatic carbocycles. The zero-order valence-corrected chi connectivity index (χ0v) is 15.5. The fraction of sp³-hybridized carbons (Fsp3) is 0.227. The zero-order chi connectivity index (χ0) is 19.4. The second-order valence-electron chi connectivity index (χ2n) is 6.63. The molecule has 140 valence electrons. The van der Waals surface area contributed by atoms with E-state index >= 15 is 0 Å². The lowest BCUT2D eigenvalue weighted by atomic mass is 10.1. The van der Waals surface area contributed by atoms with E-state index in [9.17, 15) is 14.3 Å². The van der Waals surface area contributed by atoms with Crippen molar-refractivity contribution >= 4 is 5.97 Å². The number of carbonyl (C=O) groups is 1. The lowest BCUT2D eigenvalue weighted by Crippen LogP contribution is -2.15. The Morgan fingerprint density at radius 2 is 1.70 bits per heavy atom. The van der Waals surface area contributed by atoms with Crippen molar-refractivity contribution in [2.24, 2.45) is 0 Å². The van der Waals surface area contributed by atoms with Gasteiger partial charge in [-0.05, 0) is 37.1 Å². The van der Waals surface area contributed by atoms with Gasteiger partial charge in [-0.3, -0.25) is 0 Å². The van der Waals surface area contributed by atoms with Gasteiger partial charge in [-0.1, -0.05) is 42.5 Å². The highest BCUT2D eigenvalue weighted by Crippen LogP contribution is 2.24. The monoisotopic (exact) mass is 366 g/mol. The average Bonchev–Trinajstić information content (AvgIpc) is 2.87. The van der Waals surface area contributed by atoms with Gasteiger partial charge < -0.3 is 15.0 Å². The van der Waals surface area contributed by atoms with Crippen molar-refractivity contribution in [2.45, 2.75) is 33.5 Å². The molecule has 0 spiro atoms. The maximum Gasteiger partial charge on any atom is 0.337 e. The van der Waals surface area contributed by atoms with E-state index < -0.39 is 5.97 Å². The van der Waals surface area contributed by atoms with E-state index in [0.717, 1.165) is 28.1 Å². The van der Waals surface area contributed by atoms with Crippen molar-refractivity contribution < 1.29 is 14.3 Å². The Bertz CT molecular complexity index is 948. The molecule has 1 heterocycles. The molecule has 5 heteroatoms. The Labute approximate surface area is 158 Å². The summed E-state index contributed by atoms with van der Waals surface area (Å²) >= 11 is 0. The quantitative estimate of drug-likeness (QED) is 0.656. The van der Waals surface area contributed by atoms with Crippen LogP contribution in [-0.4, -0.2) is 15.6 Å². The van der Waals surface area contributed by atoms with Gasteiger partial charge in [0.2, 0.25) is 0 Å². The van der Waals surface area contributed by atoms with Crippen molar-refractivity contribution in [1.29, 1.82) is 0 Å². The standard InChI is InChI=1S/C22H23FN2O2/c1-15-20(13-24-12-18-9-6-10-19(23)11-18)21(22(26)27)16(2)25(15)14-17-7-4-3-5-8-17/h3-11,24H,12-14H2,1-2H3,(H,26,27). The molecule has 1 aromatic heterocycles. The van der Waals surface area contributed by atoms with Crippen molar-refractivity contribution in [3.8, 4) is 0 Å². The molecule has 0 bridgehead atoms. The molecule has 27 heavy (non-hydrogen) atoms. The molecule has 4 nitrogen and oxygen atoms in total. The molecule has 3 rings (SSSR count). The first-order valence-electron chi connectivity index (χ1n) is 8.88. The van der Waals surface area contributed by atoms with Crippen LogP contribution < -0.4 is 5.32 Å². The third-order valence-corrected chi connectivity index (χ3v) is 4.83. The molecule has 2 N–H and O–H groups in total. The third-order valence-electron chi connectivity index (χ3n) is 4.83. The predicted octanol–water partition coefficient (Wildman–Crippen LogP) is 4.28. The summed E-state index contributed by atoms with van der Waals surface area (Å²) in [4.78, 5) is 11.8. The van der Waals surface area contributed by atoms with Crippen LogP contribution in [0.15, 0.2) is 54.6 Å². The number of halogens is 1. The van der Waals surface area contributed by atoms with Gasteiger partial charge in [0.1, 0.15) is 5.82 Å². The Morgan fingerprint density at radius 3 is 2.37 bits per heavy atom. The van der Waals surface area contributed by atoms with Gasteiger partial charge in [0.25, 0.3) is 0 Å². The van der Waals surface area contributed by atoms with E-state index in [4.69, 9.17) is 0 Å². The summed E-state index contributed by atoms with van der Waals surface area (Å²) in [6.07, 6.45) is 0. The molecule has 0 unspecified atom stereocenters. The molecular weight excluding hydrogens is 343 g/mol. The van der Waals surface area contributed by atoms with E-state index in [1.165, 1.54) is 12.1 Å². The minimum absolute atomic E-state index is 0.276. The highest BCUT2D eigenvalue weighted by Gasteiger charge is 2.22.